The Morgan fingerprint density at radius 3 is 2.62 bits per heavy atom. The molecular weight excluding hydrogens is 265 g/mol. The molecular formula is C16H26BNO3. The van der Waals surface area contributed by atoms with E-state index in [1.807, 2.05) is 31.7 Å². The predicted molar refractivity (Wildman–Crippen MR) is 84.8 cm³/mol. The van der Waals surface area contributed by atoms with Gasteiger partial charge in [-0.25, -0.2) is 0 Å². The molecule has 5 heteroatoms. The first-order valence-corrected chi connectivity index (χ1v) is 7.88. The van der Waals surface area contributed by atoms with E-state index in [1.165, 1.54) is 6.42 Å². The molecule has 21 heavy (non-hydrogen) atoms. The molecule has 0 N–H and O–H groups in total. The number of nitrogens with zero attached hydrogens (tertiary/aromatic N) is 1. The zero-order valence-corrected chi connectivity index (χ0v) is 13.6. The first-order valence-electron chi connectivity index (χ1n) is 7.88. The van der Waals surface area contributed by atoms with Gasteiger partial charge in [0.2, 0.25) is 5.91 Å². The molecule has 0 aromatic heterocycles. The topological polar surface area (TPSA) is 38.8 Å². The third kappa shape index (κ3) is 3.98. The van der Waals surface area contributed by atoms with Gasteiger partial charge < -0.3 is 14.2 Å². The number of amides is 1. The zero-order valence-electron chi connectivity index (χ0n) is 13.6. The summed E-state index contributed by atoms with van der Waals surface area (Å²) in [5, 5.41) is 0. The molecule has 0 aromatic rings. The van der Waals surface area contributed by atoms with E-state index < -0.39 is 0 Å². The molecule has 0 radical (unpaired) electrons. The smallest absolute Gasteiger partial charge is 0.410 e. The maximum absolute atomic E-state index is 12.1. The zero-order chi connectivity index (χ0) is 15.4. The minimum Gasteiger partial charge on any atom is -0.410 e. The van der Waals surface area contributed by atoms with Crippen molar-refractivity contribution in [3.63, 3.8) is 0 Å². The second-order valence-electron chi connectivity index (χ2n) is 6.13. The second-order valence-corrected chi connectivity index (χ2v) is 6.13. The van der Waals surface area contributed by atoms with Crippen molar-refractivity contribution in [3.8, 4) is 0 Å². The Hall–Kier alpha value is -1.07. The molecule has 1 heterocycles. The molecule has 0 aromatic carbocycles. The van der Waals surface area contributed by atoms with Gasteiger partial charge in [0.05, 0.1) is 0 Å². The van der Waals surface area contributed by atoms with Crippen LogP contribution in [0.2, 0.25) is 0 Å². The maximum atomic E-state index is 12.1. The molecule has 2 aliphatic rings. The van der Waals surface area contributed by atoms with Gasteiger partial charge in [-0.1, -0.05) is 12.2 Å². The average Bonchev–Trinajstić information content (AvgIpc) is 2.72. The van der Waals surface area contributed by atoms with Gasteiger partial charge >= 0.3 is 7.12 Å². The predicted octanol–water partition coefficient (Wildman–Crippen LogP) is 2.74. The van der Waals surface area contributed by atoms with E-state index in [9.17, 15) is 4.79 Å². The van der Waals surface area contributed by atoms with E-state index in [0.717, 1.165) is 30.4 Å². The SMILES string of the molecule is CC=C(C=C1CC(=O)N(C2CCC2)C1)B(OC)OC(C)C. The number of allylic oxidation sites excluding steroid dienone is 3. The fourth-order valence-electron chi connectivity index (χ4n) is 2.83. The van der Waals surface area contributed by atoms with E-state index in [-0.39, 0.29) is 19.1 Å². The van der Waals surface area contributed by atoms with Crippen molar-refractivity contribution >= 4 is 13.0 Å². The normalized spacial score (nSPS) is 22.3. The van der Waals surface area contributed by atoms with Crippen LogP contribution in [0.5, 0.6) is 0 Å². The first kappa shape index (κ1) is 16.3. The Labute approximate surface area is 128 Å². The van der Waals surface area contributed by atoms with Gasteiger partial charge in [-0.3, -0.25) is 4.79 Å². The van der Waals surface area contributed by atoms with Crippen molar-refractivity contribution in [1.82, 2.24) is 4.90 Å². The molecule has 0 unspecified atom stereocenters. The molecule has 1 amide bonds. The summed E-state index contributed by atoms with van der Waals surface area (Å²) in [7, 11) is 1.28. The van der Waals surface area contributed by atoms with Gasteiger partial charge in [-0.15, -0.1) is 0 Å². The highest BCUT2D eigenvalue weighted by atomic mass is 16.6. The van der Waals surface area contributed by atoms with Gasteiger partial charge in [0.1, 0.15) is 0 Å². The average molecular weight is 291 g/mol. The largest absolute Gasteiger partial charge is 0.493 e. The van der Waals surface area contributed by atoms with Crippen molar-refractivity contribution in [2.24, 2.45) is 0 Å². The van der Waals surface area contributed by atoms with Crippen LogP contribution in [0.1, 0.15) is 46.5 Å². The van der Waals surface area contributed by atoms with E-state index in [1.54, 1.807) is 7.11 Å². The van der Waals surface area contributed by atoms with Gasteiger partial charge in [0.15, 0.2) is 0 Å². The second kappa shape index (κ2) is 7.27. The lowest BCUT2D eigenvalue weighted by atomic mass is 9.76. The standard InChI is InChI=1S/C16H26BNO3/c1-5-14(17(20-4)21-12(2)3)9-13-10-16(19)18(11-13)15-7-6-8-15/h5,9,12,15H,6-8,10-11H2,1-4H3. The van der Waals surface area contributed by atoms with E-state index in [2.05, 4.69) is 6.08 Å². The summed E-state index contributed by atoms with van der Waals surface area (Å²) in [5.74, 6) is 0.264. The van der Waals surface area contributed by atoms with E-state index in [4.69, 9.17) is 9.31 Å². The van der Waals surface area contributed by atoms with Crippen molar-refractivity contribution in [2.75, 3.05) is 13.7 Å². The molecule has 1 aliphatic heterocycles. The summed E-state index contributed by atoms with van der Waals surface area (Å²) >= 11 is 0. The lowest BCUT2D eigenvalue weighted by Gasteiger charge is -2.34. The Bertz CT molecular complexity index is 441. The molecule has 0 bridgehead atoms. The first-order chi connectivity index (χ1) is 10.0. The summed E-state index contributed by atoms with van der Waals surface area (Å²) in [6.45, 7) is 6.72. The van der Waals surface area contributed by atoms with Crippen LogP contribution >= 0.6 is 0 Å². The Balaban J connectivity index is 2.04. The molecule has 1 saturated heterocycles. The molecule has 1 aliphatic carbocycles. The molecule has 0 spiro atoms. The molecule has 116 valence electrons. The number of rotatable bonds is 6. The van der Waals surface area contributed by atoms with Crippen molar-refractivity contribution in [1.29, 1.82) is 0 Å². The van der Waals surface area contributed by atoms with Crippen LogP contribution in [0, 0.1) is 0 Å². The minimum atomic E-state index is -0.365. The Morgan fingerprint density at radius 1 is 1.43 bits per heavy atom. The third-order valence-corrected chi connectivity index (χ3v) is 4.17. The molecule has 1 saturated carbocycles. The van der Waals surface area contributed by atoms with Crippen LogP contribution in [-0.4, -0.2) is 43.7 Å². The molecule has 4 nitrogen and oxygen atoms in total. The highest BCUT2D eigenvalue weighted by molar-refractivity contribution is 6.54. The van der Waals surface area contributed by atoms with Crippen LogP contribution in [0.4, 0.5) is 0 Å². The number of carbonyl (C=O) groups excluding carboxylic acids is 1. The number of hydrogen-bond acceptors (Lipinski definition) is 3. The molecule has 0 atom stereocenters. The van der Waals surface area contributed by atoms with Crippen molar-refractivity contribution in [3.05, 3.63) is 23.2 Å². The molecule has 2 rings (SSSR count). The van der Waals surface area contributed by atoms with Crippen molar-refractivity contribution in [2.45, 2.75) is 58.6 Å². The highest BCUT2D eigenvalue weighted by Gasteiger charge is 2.34. The summed E-state index contributed by atoms with van der Waals surface area (Å²) in [4.78, 5) is 14.1. The third-order valence-electron chi connectivity index (χ3n) is 4.17. The van der Waals surface area contributed by atoms with E-state index >= 15 is 0 Å². The van der Waals surface area contributed by atoms with E-state index in [0.29, 0.717) is 12.5 Å². The highest BCUT2D eigenvalue weighted by Crippen LogP contribution is 2.31. The fourth-order valence-corrected chi connectivity index (χ4v) is 2.83. The van der Waals surface area contributed by atoms with Crippen LogP contribution < -0.4 is 0 Å². The van der Waals surface area contributed by atoms with Crippen molar-refractivity contribution < 1.29 is 14.1 Å². The van der Waals surface area contributed by atoms with Crippen LogP contribution in [0.15, 0.2) is 23.2 Å². The number of likely N-dealkylation sites (tertiary alicyclic amines) is 1. The number of hydrogen-bond donors (Lipinski definition) is 0. The summed E-state index contributed by atoms with van der Waals surface area (Å²) < 4.78 is 11.2. The molecule has 2 fully saturated rings. The Kier molecular flexibility index (Phi) is 5.65. The van der Waals surface area contributed by atoms with Crippen LogP contribution in [-0.2, 0) is 14.1 Å². The summed E-state index contributed by atoms with van der Waals surface area (Å²) in [5.41, 5.74) is 2.15. The minimum absolute atomic E-state index is 0.0972. The quantitative estimate of drug-likeness (QED) is 0.706. The van der Waals surface area contributed by atoms with Gasteiger partial charge in [0.25, 0.3) is 0 Å². The number of carbonyl (C=O) groups is 1. The van der Waals surface area contributed by atoms with Gasteiger partial charge in [0, 0.05) is 32.2 Å². The Morgan fingerprint density at radius 2 is 2.14 bits per heavy atom. The lowest BCUT2D eigenvalue weighted by molar-refractivity contribution is -0.131. The monoisotopic (exact) mass is 291 g/mol. The summed E-state index contributed by atoms with van der Waals surface area (Å²) in [6, 6.07) is 0.475. The van der Waals surface area contributed by atoms with Crippen LogP contribution in [0.25, 0.3) is 0 Å². The lowest BCUT2D eigenvalue weighted by Crippen LogP contribution is -2.40. The fraction of sp³-hybridized carbons (Fsp3) is 0.688. The summed E-state index contributed by atoms with van der Waals surface area (Å²) in [6.07, 6.45) is 8.28. The maximum Gasteiger partial charge on any atom is 0.493 e. The van der Waals surface area contributed by atoms with Crippen LogP contribution in [0.3, 0.4) is 0 Å². The van der Waals surface area contributed by atoms with Gasteiger partial charge in [-0.2, -0.15) is 0 Å². The van der Waals surface area contributed by atoms with Gasteiger partial charge in [-0.05, 0) is 51.1 Å².